The van der Waals surface area contributed by atoms with E-state index in [-0.39, 0.29) is 11.9 Å². The third-order valence-electron chi connectivity index (χ3n) is 6.12. The highest BCUT2D eigenvalue weighted by Crippen LogP contribution is 2.41. The van der Waals surface area contributed by atoms with E-state index in [0.717, 1.165) is 32.0 Å². The van der Waals surface area contributed by atoms with Crippen molar-refractivity contribution in [1.29, 1.82) is 0 Å². The minimum atomic E-state index is 0.0501. The van der Waals surface area contributed by atoms with Crippen LogP contribution in [0.2, 0.25) is 0 Å². The molecule has 5 heteroatoms. The van der Waals surface area contributed by atoms with Crippen LogP contribution in [0, 0.1) is 5.92 Å². The van der Waals surface area contributed by atoms with Crippen LogP contribution in [-0.4, -0.2) is 39.7 Å². The molecule has 1 unspecified atom stereocenters. The van der Waals surface area contributed by atoms with Gasteiger partial charge in [-0.3, -0.25) is 14.4 Å². The molecule has 2 heterocycles. The Labute approximate surface area is 144 Å². The summed E-state index contributed by atoms with van der Waals surface area (Å²) in [5.74, 6) is 1.67. The molecule has 0 aromatic carbocycles. The third-order valence-corrected chi connectivity index (χ3v) is 6.12. The highest BCUT2D eigenvalue weighted by Gasteiger charge is 2.35. The maximum absolute atomic E-state index is 12.5. The van der Waals surface area contributed by atoms with Crippen LogP contribution in [-0.2, 0) is 18.4 Å². The van der Waals surface area contributed by atoms with Crippen LogP contribution in [0.5, 0.6) is 0 Å². The van der Waals surface area contributed by atoms with Gasteiger partial charge in [-0.2, -0.15) is 5.10 Å². The van der Waals surface area contributed by atoms with E-state index in [0.29, 0.717) is 5.92 Å². The van der Waals surface area contributed by atoms with Gasteiger partial charge in [-0.25, -0.2) is 0 Å². The zero-order valence-electron chi connectivity index (χ0n) is 14.8. The smallest absolute Gasteiger partial charge is 0.237 e. The van der Waals surface area contributed by atoms with Crippen LogP contribution in [0.15, 0.2) is 6.20 Å². The van der Waals surface area contributed by atoms with Crippen molar-refractivity contribution >= 4 is 5.91 Å². The molecule has 4 rings (SSSR count). The van der Waals surface area contributed by atoms with Crippen LogP contribution in [0.25, 0.3) is 0 Å². The summed E-state index contributed by atoms with van der Waals surface area (Å²) in [6.45, 7) is 2.62. The number of hydrogen-bond acceptors (Lipinski definition) is 3. The molecule has 2 saturated carbocycles. The lowest BCUT2D eigenvalue weighted by atomic mass is 9.84. The number of rotatable bonds is 5. The summed E-state index contributed by atoms with van der Waals surface area (Å²) < 4.78 is 2.05. The average Bonchev–Trinajstić information content (AvgIpc) is 3.36. The molecule has 0 radical (unpaired) electrons. The van der Waals surface area contributed by atoms with E-state index in [9.17, 15) is 4.79 Å². The SMILES string of the molecule is Cn1ncc(CN2CCNC(=O)C2CC2CCCCC2)c1C1CC1. The van der Waals surface area contributed by atoms with Crippen molar-refractivity contribution < 1.29 is 4.79 Å². The van der Waals surface area contributed by atoms with Gasteiger partial charge >= 0.3 is 0 Å². The molecule has 5 nitrogen and oxygen atoms in total. The lowest BCUT2D eigenvalue weighted by molar-refractivity contribution is -0.130. The monoisotopic (exact) mass is 330 g/mol. The number of hydrogen-bond donors (Lipinski definition) is 1. The third kappa shape index (κ3) is 3.37. The topological polar surface area (TPSA) is 50.2 Å². The fourth-order valence-corrected chi connectivity index (χ4v) is 4.66. The highest BCUT2D eigenvalue weighted by atomic mass is 16.2. The van der Waals surface area contributed by atoms with Gasteiger partial charge in [0.15, 0.2) is 0 Å². The van der Waals surface area contributed by atoms with Gasteiger partial charge in [0.2, 0.25) is 5.91 Å². The van der Waals surface area contributed by atoms with Crippen molar-refractivity contribution in [3.63, 3.8) is 0 Å². The molecule has 1 N–H and O–H groups in total. The first-order valence-electron chi connectivity index (χ1n) is 9.75. The number of carbonyl (C=O) groups excluding carboxylic acids is 1. The Balaban J connectivity index is 1.48. The van der Waals surface area contributed by atoms with E-state index in [1.54, 1.807) is 0 Å². The number of aryl methyl sites for hydroxylation is 1. The summed E-state index contributed by atoms with van der Waals surface area (Å²) in [5.41, 5.74) is 2.74. The fourth-order valence-electron chi connectivity index (χ4n) is 4.66. The zero-order chi connectivity index (χ0) is 16.5. The van der Waals surface area contributed by atoms with Gasteiger partial charge in [0.05, 0.1) is 12.2 Å². The fraction of sp³-hybridized carbons (Fsp3) is 0.789. The Kier molecular flexibility index (Phi) is 4.61. The lowest BCUT2D eigenvalue weighted by Crippen LogP contribution is -2.55. The molecule has 2 aliphatic carbocycles. The first-order chi connectivity index (χ1) is 11.7. The van der Waals surface area contributed by atoms with Gasteiger partial charge in [0.1, 0.15) is 0 Å². The second-order valence-corrected chi connectivity index (χ2v) is 7.97. The number of amides is 1. The van der Waals surface area contributed by atoms with E-state index in [1.165, 1.54) is 56.2 Å². The molecule has 0 bridgehead atoms. The summed E-state index contributed by atoms with van der Waals surface area (Å²) in [4.78, 5) is 14.9. The van der Waals surface area contributed by atoms with Gasteiger partial charge in [-0.05, 0) is 25.2 Å². The van der Waals surface area contributed by atoms with Crippen molar-refractivity contribution in [2.24, 2.45) is 13.0 Å². The van der Waals surface area contributed by atoms with Crippen molar-refractivity contribution in [2.75, 3.05) is 13.1 Å². The number of carbonyl (C=O) groups is 1. The zero-order valence-corrected chi connectivity index (χ0v) is 14.8. The van der Waals surface area contributed by atoms with E-state index < -0.39 is 0 Å². The maximum atomic E-state index is 12.5. The first-order valence-corrected chi connectivity index (χ1v) is 9.75. The first kappa shape index (κ1) is 16.1. The van der Waals surface area contributed by atoms with Crippen LogP contribution in [0.3, 0.4) is 0 Å². The van der Waals surface area contributed by atoms with Crippen LogP contribution in [0.1, 0.15) is 68.5 Å². The largest absolute Gasteiger partial charge is 0.353 e. The Hall–Kier alpha value is -1.36. The van der Waals surface area contributed by atoms with Gasteiger partial charge < -0.3 is 5.32 Å². The lowest BCUT2D eigenvalue weighted by Gasteiger charge is -2.37. The Morgan fingerprint density at radius 1 is 1.21 bits per heavy atom. The Morgan fingerprint density at radius 2 is 2.00 bits per heavy atom. The normalized spacial score (nSPS) is 26.5. The van der Waals surface area contributed by atoms with Gasteiger partial charge in [-0.1, -0.05) is 32.1 Å². The second kappa shape index (κ2) is 6.87. The number of nitrogens with zero attached hydrogens (tertiary/aromatic N) is 3. The molecule has 1 aromatic rings. The average molecular weight is 330 g/mol. The molecule has 1 saturated heterocycles. The van der Waals surface area contributed by atoms with Crippen molar-refractivity contribution in [3.8, 4) is 0 Å². The highest BCUT2D eigenvalue weighted by molar-refractivity contribution is 5.82. The molecular formula is C19H30N4O. The quantitative estimate of drug-likeness (QED) is 0.903. The summed E-state index contributed by atoms with van der Waals surface area (Å²) in [5, 5.41) is 7.58. The maximum Gasteiger partial charge on any atom is 0.237 e. The molecule has 1 atom stereocenters. The van der Waals surface area contributed by atoms with Crippen molar-refractivity contribution in [2.45, 2.75) is 69.9 Å². The van der Waals surface area contributed by atoms with Gasteiger partial charge in [-0.15, -0.1) is 0 Å². The minimum Gasteiger partial charge on any atom is -0.353 e. The molecule has 1 aromatic heterocycles. The predicted octanol–water partition coefficient (Wildman–Crippen LogP) is 2.57. The van der Waals surface area contributed by atoms with Crippen LogP contribution in [0.4, 0.5) is 0 Å². The molecule has 0 spiro atoms. The van der Waals surface area contributed by atoms with Gasteiger partial charge in [0.25, 0.3) is 0 Å². The van der Waals surface area contributed by atoms with E-state index in [1.807, 2.05) is 10.9 Å². The summed E-state index contributed by atoms with van der Waals surface area (Å²) in [6.07, 6.45) is 12.3. The predicted molar refractivity (Wildman–Crippen MR) is 93.6 cm³/mol. The Morgan fingerprint density at radius 3 is 2.75 bits per heavy atom. The summed E-state index contributed by atoms with van der Waals surface area (Å²) >= 11 is 0. The molecule has 24 heavy (non-hydrogen) atoms. The number of aromatic nitrogens is 2. The van der Waals surface area contributed by atoms with Crippen LogP contribution < -0.4 is 5.32 Å². The molecule has 132 valence electrons. The van der Waals surface area contributed by atoms with Crippen molar-refractivity contribution in [1.82, 2.24) is 20.0 Å². The summed E-state index contributed by atoms with van der Waals surface area (Å²) in [6, 6.07) is 0.0501. The van der Waals surface area contributed by atoms with Crippen molar-refractivity contribution in [3.05, 3.63) is 17.5 Å². The second-order valence-electron chi connectivity index (χ2n) is 7.97. The number of nitrogens with one attached hydrogen (secondary N) is 1. The minimum absolute atomic E-state index is 0.0501. The van der Waals surface area contributed by atoms with Crippen LogP contribution >= 0.6 is 0 Å². The molecular weight excluding hydrogens is 300 g/mol. The molecule has 3 aliphatic rings. The summed E-state index contributed by atoms with van der Waals surface area (Å²) in [7, 11) is 2.06. The van der Waals surface area contributed by atoms with E-state index in [4.69, 9.17) is 0 Å². The molecule has 1 aliphatic heterocycles. The molecule has 3 fully saturated rings. The van der Waals surface area contributed by atoms with E-state index in [2.05, 4.69) is 22.4 Å². The van der Waals surface area contributed by atoms with Gasteiger partial charge in [0, 0.05) is 43.9 Å². The molecule has 1 amide bonds. The number of piperazine rings is 1. The Bertz CT molecular complexity index is 586. The standard InChI is InChI=1S/C19H30N4O/c1-22-18(15-7-8-15)16(12-21-22)13-23-10-9-20-19(24)17(23)11-14-5-3-2-4-6-14/h12,14-15,17H,2-11,13H2,1H3,(H,20,24). The van der Waals surface area contributed by atoms with E-state index >= 15 is 0 Å².